The van der Waals surface area contributed by atoms with E-state index in [-0.39, 0.29) is 48.3 Å². The van der Waals surface area contributed by atoms with Crippen LogP contribution in [0.25, 0.3) is 16.9 Å². The van der Waals surface area contributed by atoms with Gasteiger partial charge in [-0.2, -0.15) is 44.6 Å². The number of alkyl carbamates (subject to hydrolysis) is 1. The van der Waals surface area contributed by atoms with Crippen LogP contribution in [0, 0.1) is 11.6 Å². The van der Waals surface area contributed by atoms with E-state index < -0.39 is 108 Å². The number of aromatic nitrogens is 2. The minimum absolute atomic E-state index is 0.00788. The third-order valence-electron chi connectivity index (χ3n) is 11.3. The summed E-state index contributed by atoms with van der Waals surface area (Å²) in [5.74, 6) is -3.29. The fourth-order valence-electron chi connectivity index (χ4n) is 7.92. The van der Waals surface area contributed by atoms with Crippen molar-refractivity contribution in [2.75, 3.05) is 18.5 Å². The topological polar surface area (TPSA) is 133 Å². The number of para-hydroxylation sites is 1. The third-order valence-corrected chi connectivity index (χ3v) is 12.8. The molecule has 4 aromatic carbocycles. The highest BCUT2D eigenvalue weighted by Crippen LogP contribution is 2.52. The van der Waals surface area contributed by atoms with Gasteiger partial charge in [0, 0.05) is 30.3 Å². The molecule has 5 aromatic rings. The van der Waals surface area contributed by atoms with E-state index in [1.807, 2.05) is 19.2 Å². The van der Waals surface area contributed by atoms with Gasteiger partial charge < -0.3 is 14.6 Å². The standard InChI is InChI=1S/C46H45F11N5O7P/c1-7-26-12-11-13-27(8-2)38(26)62-39(31-23-61(43(5,6)40(31)60-62)22-28-15-16-29(44(49,50)51)19-32(28)45(52,53)54)30-20-35(48)36(21-34(30)47)58-41(63)59-42(64)66-24-25-14-17-37(33(18-25)46(55,56)57)69-70(65,67-9-3)68-10-4/h11-21H,7-10,22-24H2,1-6H3,(H2,58,59,63,64). The monoisotopic (exact) mass is 1020 g/mol. The first-order chi connectivity index (χ1) is 32.6. The first-order valence-corrected chi connectivity index (χ1v) is 22.9. The minimum atomic E-state index is -5.17. The van der Waals surface area contributed by atoms with Crippen molar-refractivity contribution in [3.05, 3.63) is 129 Å². The summed E-state index contributed by atoms with van der Waals surface area (Å²) in [5.41, 5.74) is -5.07. The molecule has 378 valence electrons. The van der Waals surface area contributed by atoms with E-state index in [2.05, 4.69) is 0 Å². The number of benzene rings is 4. The van der Waals surface area contributed by atoms with Crippen molar-refractivity contribution in [2.24, 2.45) is 0 Å². The Morgan fingerprint density at radius 3 is 1.97 bits per heavy atom. The lowest BCUT2D eigenvalue weighted by molar-refractivity contribution is -0.144. The minimum Gasteiger partial charge on any atom is -0.444 e. The average Bonchev–Trinajstić information content (AvgIpc) is 3.75. The first kappa shape index (κ1) is 53.3. The lowest BCUT2D eigenvalue weighted by atomic mass is 9.97. The Morgan fingerprint density at radius 2 is 1.40 bits per heavy atom. The Balaban J connectivity index is 1.28. The highest BCUT2D eigenvalue weighted by Gasteiger charge is 2.46. The van der Waals surface area contributed by atoms with Gasteiger partial charge in [-0.15, -0.1) is 0 Å². The zero-order valence-corrected chi connectivity index (χ0v) is 39.0. The summed E-state index contributed by atoms with van der Waals surface area (Å²) in [4.78, 5) is 26.9. The number of halogens is 11. The summed E-state index contributed by atoms with van der Waals surface area (Å²) in [6.07, 6.45) is -15.9. The van der Waals surface area contributed by atoms with Gasteiger partial charge in [-0.1, -0.05) is 44.2 Å². The molecule has 0 aliphatic carbocycles. The summed E-state index contributed by atoms with van der Waals surface area (Å²) < 4.78 is 192. The largest absolute Gasteiger partial charge is 0.530 e. The molecule has 2 heterocycles. The van der Waals surface area contributed by atoms with Crippen molar-refractivity contribution >= 4 is 25.6 Å². The Hall–Kier alpha value is -6.03. The number of hydrogen-bond acceptors (Lipinski definition) is 9. The van der Waals surface area contributed by atoms with Gasteiger partial charge in [-0.3, -0.25) is 13.9 Å². The van der Waals surface area contributed by atoms with Crippen molar-refractivity contribution in [1.29, 1.82) is 0 Å². The average molecular weight is 1020 g/mol. The summed E-state index contributed by atoms with van der Waals surface area (Å²) in [6.45, 7) is 7.74. The molecule has 24 heteroatoms. The molecule has 12 nitrogen and oxygen atoms in total. The summed E-state index contributed by atoms with van der Waals surface area (Å²) in [5, 5.41) is 8.54. The zero-order chi connectivity index (χ0) is 51.7. The molecule has 0 unspecified atom stereocenters. The van der Waals surface area contributed by atoms with E-state index in [9.17, 15) is 53.7 Å². The molecule has 3 amide bonds. The van der Waals surface area contributed by atoms with E-state index >= 15 is 8.78 Å². The number of amides is 3. The number of imide groups is 1. The number of aryl methyl sites for hydroxylation is 2. The van der Waals surface area contributed by atoms with Gasteiger partial charge in [0.05, 0.1) is 58.2 Å². The van der Waals surface area contributed by atoms with Crippen LogP contribution in [0.4, 0.5) is 63.6 Å². The van der Waals surface area contributed by atoms with Crippen LogP contribution in [0.5, 0.6) is 5.75 Å². The predicted octanol–water partition coefficient (Wildman–Crippen LogP) is 13.3. The van der Waals surface area contributed by atoms with Crippen molar-refractivity contribution in [3.63, 3.8) is 0 Å². The quantitative estimate of drug-likeness (QED) is 0.0777. The molecule has 1 aliphatic heterocycles. The van der Waals surface area contributed by atoms with Crippen molar-refractivity contribution in [1.82, 2.24) is 20.0 Å². The Bertz CT molecular complexity index is 2800. The molecule has 0 saturated heterocycles. The molecular formula is C46H45F11N5O7P. The molecule has 0 fully saturated rings. The molecule has 70 heavy (non-hydrogen) atoms. The van der Waals surface area contributed by atoms with E-state index in [4.69, 9.17) is 23.4 Å². The number of nitrogens with zero attached hydrogens (tertiary/aromatic N) is 3. The molecule has 6 rings (SSSR count). The van der Waals surface area contributed by atoms with E-state index in [1.165, 1.54) is 23.4 Å². The molecule has 0 saturated carbocycles. The SMILES string of the molecule is CCOP(=O)(OCC)Oc1ccc(COC(=O)NC(=O)Nc2cc(F)c(-c3c4c(nn3-c3c(CC)cccc3CC)C(C)(C)N(Cc3ccc(C(F)(F)F)cc3C(F)(F)F)C4)cc2F)cc1C(F)(F)F. The number of anilines is 1. The number of nitrogens with one attached hydrogen (secondary N) is 2. The van der Waals surface area contributed by atoms with Gasteiger partial charge in [-0.25, -0.2) is 32.9 Å². The fraction of sp³-hybridized carbons (Fsp3) is 0.370. The summed E-state index contributed by atoms with van der Waals surface area (Å²) in [7, 11) is -4.45. The molecule has 0 bridgehead atoms. The first-order valence-electron chi connectivity index (χ1n) is 21.4. The number of phosphoric ester groups is 1. The second-order valence-electron chi connectivity index (χ2n) is 16.2. The molecule has 1 aromatic heterocycles. The maximum absolute atomic E-state index is 16.6. The Labute approximate surface area is 393 Å². The Morgan fingerprint density at radius 1 is 0.771 bits per heavy atom. The van der Waals surface area contributed by atoms with Gasteiger partial charge in [0.2, 0.25) is 0 Å². The number of phosphoric acid groups is 1. The van der Waals surface area contributed by atoms with Crippen LogP contribution >= 0.6 is 7.82 Å². The normalized spacial score (nSPS) is 14.1. The van der Waals surface area contributed by atoms with Gasteiger partial charge in [0.25, 0.3) is 0 Å². The van der Waals surface area contributed by atoms with Crippen LogP contribution in [0.15, 0.2) is 66.7 Å². The van der Waals surface area contributed by atoms with Crippen molar-refractivity contribution < 1.29 is 80.8 Å². The number of carbonyl (C=O) groups is 2. The van der Waals surface area contributed by atoms with Crippen molar-refractivity contribution in [3.8, 4) is 22.7 Å². The van der Waals surface area contributed by atoms with E-state index in [0.717, 1.165) is 35.4 Å². The highest BCUT2D eigenvalue weighted by molar-refractivity contribution is 7.48. The van der Waals surface area contributed by atoms with Gasteiger partial charge in [0.1, 0.15) is 24.0 Å². The molecule has 0 radical (unpaired) electrons. The molecule has 0 atom stereocenters. The van der Waals surface area contributed by atoms with Gasteiger partial charge >= 0.3 is 38.5 Å². The van der Waals surface area contributed by atoms with E-state index in [0.29, 0.717) is 36.7 Å². The lowest BCUT2D eigenvalue weighted by Gasteiger charge is -2.33. The maximum atomic E-state index is 16.6. The van der Waals surface area contributed by atoms with Gasteiger partial charge in [-0.05, 0) is 93.1 Å². The zero-order valence-electron chi connectivity index (χ0n) is 38.1. The number of alkyl halides is 9. The number of carbonyl (C=O) groups excluding carboxylic acids is 2. The van der Waals surface area contributed by atoms with Crippen LogP contribution in [0.1, 0.15) is 91.7 Å². The molecule has 0 spiro atoms. The smallest absolute Gasteiger partial charge is 0.444 e. The predicted molar refractivity (Wildman–Crippen MR) is 232 cm³/mol. The number of rotatable bonds is 15. The summed E-state index contributed by atoms with van der Waals surface area (Å²) in [6, 6.07) is 8.98. The lowest BCUT2D eigenvalue weighted by Crippen LogP contribution is -2.36. The van der Waals surface area contributed by atoms with E-state index in [1.54, 1.807) is 37.4 Å². The van der Waals surface area contributed by atoms with Crippen molar-refractivity contribution in [2.45, 2.75) is 98.1 Å². The molecule has 1 aliphatic rings. The van der Waals surface area contributed by atoms with Crippen LogP contribution < -0.4 is 15.2 Å². The fourth-order valence-corrected chi connectivity index (χ4v) is 9.13. The molecular weight excluding hydrogens is 974 g/mol. The van der Waals surface area contributed by atoms with Crippen LogP contribution in [-0.4, -0.2) is 40.0 Å². The number of ether oxygens (including phenoxy) is 1. The second-order valence-corrected chi connectivity index (χ2v) is 17.8. The highest BCUT2D eigenvalue weighted by atomic mass is 31.2. The van der Waals surface area contributed by atoms with Gasteiger partial charge in [0.15, 0.2) is 0 Å². The number of urea groups is 1. The molecule has 2 N–H and O–H groups in total. The maximum Gasteiger partial charge on any atom is 0.530 e. The third kappa shape index (κ3) is 11.4. The number of hydrogen-bond donors (Lipinski definition) is 2. The van der Waals surface area contributed by atoms with Crippen LogP contribution in [0.2, 0.25) is 0 Å². The van der Waals surface area contributed by atoms with Crippen LogP contribution in [0.3, 0.4) is 0 Å². The number of fused-ring (bicyclic) bond motifs is 1. The Kier molecular flexibility index (Phi) is 15.5. The second kappa shape index (κ2) is 20.4. The van der Waals surface area contributed by atoms with Crippen LogP contribution in [-0.2, 0) is 75.0 Å². The summed E-state index contributed by atoms with van der Waals surface area (Å²) >= 11 is 0.